The van der Waals surface area contributed by atoms with Gasteiger partial charge in [-0.25, -0.2) is 4.98 Å². The van der Waals surface area contributed by atoms with E-state index in [-0.39, 0.29) is 17.9 Å². The quantitative estimate of drug-likeness (QED) is 0.295. The van der Waals surface area contributed by atoms with E-state index in [0.717, 1.165) is 74.9 Å². The van der Waals surface area contributed by atoms with Gasteiger partial charge in [-0.05, 0) is 118 Å². The van der Waals surface area contributed by atoms with E-state index in [1.54, 1.807) is 7.11 Å². The summed E-state index contributed by atoms with van der Waals surface area (Å²) < 4.78 is 5.47. The molecule has 6 heteroatoms. The van der Waals surface area contributed by atoms with Crippen LogP contribution in [0.3, 0.4) is 0 Å². The van der Waals surface area contributed by atoms with E-state index in [1.807, 2.05) is 17.5 Å². The molecule has 3 aliphatic rings. The highest BCUT2D eigenvalue weighted by Crippen LogP contribution is 2.42. The van der Waals surface area contributed by atoms with Crippen LogP contribution in [0.4, 0.5) is 5.69 Å². The van der Waals surface area contributed by atoms with Crippen LogP contribution in [0, 0.1) is 18.8 Å². The molecular weight excluding hydrogens is 528 g/mol. The lowest BCUT2D eigenvalue weighted by Gasteiger charge is -2.36. The first-order chi connectivity index (χ1) is 20.0. The minimum absolute atomic E-state index is 0.00528. The lowest BCUT2D eigenvalue weighted by Crippen LogP contribution is -2.41. The first-order valence-electron chi connectivity index (χ1n) is 15.7. The van der Waals surface area contributed by atoms with Crippen LogP contribution in [0.15, 0.2) is 48.7 Å². The lowest BCUT2D eigenvalue weighted by molar-refractivity contribution is -0.124. The molecule has 0 unspecified atom stereocenters. The molecular formula is C35H44N2O3S. The van der Waals surface area contributed by atoms with Gasteiger partial charge in [-0.15, -0.1) is 11.3 Å². The van der Waals surface area contributed by atoms with Crippen molar-refractivity contribution in [3.8, 4) is 16.2 Å². The monoisotopic (exact) mass is 572 g/mol. The maximum Gasteiger partial charge on any atom is 0.230 e. The molecule has 0 bridgehead atoms. The normalized spacial score (nSPS) is 25.0. The highest BCUT2D eigenvalue weighted by atomic mass is 32.1. The Morgan fingerprint density at radius 1 is 0.976 bits per heavy atom. The fraction of sp³-hybridized carbons (Fsp3) is 0.543. The number of carbonyl (C=O) groups is 1. The lowest BCUT2D eigenvalue weighted by atomic mass is 9.78. The fourth-order valence-electron chi connectivity index (χ4n) is 7.05. The van der Waals surface area contributed by atoms with Gasteiger partial charge in [0.05, 0.1) is 23.1 Å². The predicted octanol–water partition coefficient (Wildman–Crippen LogP) is 8.25. The summed E-state index contributed by atoms with van der Waals surface area (Å²) >= 11 is 1.81. The number of aryl methyl sites for hydroxylation is 1. The average Bonchev–Trinajstić information content (AvgIpc) is 3.45. The predicted molar refractivity (Wildman–Crippen MR) is 167 cm³/mol. The van der Waals surface area contributed by atoms with Gasteiger partial charge in [0.2, 0.25) is 5.91 Å². The van der Waals surface area contributed by atoms with E-state index in [1.165, 1.54) is 40.3 Å². The minimum Gasteiger partial charge on any atom is -0.496 e. The van der Waals surface area contributed by atoms with Crippen molar-refractivity contribution in [3.05, 3.63) is 64.8 Å². The Morgan fingerprint density at radius 3 is 2.44 bits per heavy atom. The summed E-state index contributed by atoms with van der Waals surface area (Å²) in [5, 5.41) is 11.3. The van der Waals surface area contributed by atoms with E-state index in [9.17, 15) is 9.90 Å². The number of methoxy groups -OCH3 is 1. The molecule has 3 saturated carbocycles. The Morgan fingerprint density at radius 2 is 1.76 bits per heavy atom. The number of carbonyl (C=O) groups excluding carboxylic acids is 1. The summed E-state index contributed by atoms with van der Waals surface area (Å²) in [7, 11) is 1.73. The Labute approximate surface area is 249 Å². The standard InChI is InChI=1S/C35H44N2O3S/c1-23-19-28(15-18-32(23)40-2)25-11-9-24(10-12-25)22-37(35(39)27-13-16-31(38)17-14-27)30-8-4-7-29(20-30)33-21-36-34(41-33)26-5-3-6-26/h4,7-8,15,18-21,24-27,31,38H,3,5-6,9-14,16-17,22H2,1-2H3/t24-,25-,27-,31-. The van der Waals surface area contributed by atoms with Gasteiger partial charge < -0.3 is 14.7 Å². The van der Waals surface area contributed by atoms with Gasteiger partial charge in [0, 0.05) is 30.3 Å². The van der Waals surface area contributed by atoms with Crippen LogP contribution < -0.4 is 9.64 Å². The smallest absolute Gasteiger partial charge is 0.230 e. The molecule has 5 nitrogen and oxygen atoms in total. The van der Waals surface area contributed by atoms with Crippen LogP contribution in [-0.4, -0.2) is 35.8 Å². The zero-order chi connectivity index (χ0) is 28.3. The number of thiazole rings is 1. The molecule has 1 heterocycles. The van der Waals surface area contributed by atoms with Gasteiger partial charge in [-0.3, -0.25) is 4.79 Å². The largest absolute Gasteiger partial charge is 0.496 e. The van der Waals surface area contributed by atoms with Crippen molar-refractivity contribution in [2.45, 2.75) is 95.5 Å². The van der Waals surface area contributed by atoms with Crippen LogP contribution in [0.1, 0.15) is 98.6 Å². The second-order valence-corrected chi connectivity index (χ2v) is 13.7. The number of anilines is 1. The molecule has 3 aliphatic carbocycles. The van der Waals surface area contributed by atoms with Gasteiger partial charge in [-0.2, -0.15) is 0 Å². The number of rotatable bonds is 8. The Hall–Kier alpha value is -2.70. The molecule has 3 aromatic rings. The van der Waals surface area contributed by atoms with Gasteiger partial charge in [-0.1, -0.05) is 30.7 Å². The summed E-state index contributed by atoms with van der Waals surface area (Å²) in [6, 6.07) is 15.2. The molecule has 0 atom stereocenters. The number of hydrogen-bond donors (Lipinski definition) is 1. The molecule has 3 fully saturated rings. The van der Waals surface area contributed by atoms with Gasteiger partial charge >= 0.3 is 0 Å². The third-order valence-electron chi connectivity index (χ3n) is 9.91. The molecule has 41 heavy (non-hydrogen) atoms. The van der Waals surface area contributed by atoms with Crippen molar-refractivity contribution in [2.75, 3.05) is 18.6 Å². The van der Waals surface area contributed by atoms with Crippen molar-refractivity contribution in [2.24, 2.45) is 11.8 Å². The summed E-state index contributed by atoms with van der Waals surface area (Å²) in [6.45, 7) is 2.89. The summed E-state index contributed by atoms with van der Waals surface area (Å²) in [4.78, 5) is 22.1. The van der Waals surface area contributed by atoms with E-state index >= 15 is 0 Å². The third-order valence-corrected chi connectivity index (χ3v) is 11.1. The maximum atomic E-state index is 14.1. The number of aromatic nitrogens is 1. The third kappa shape index (κ3) is 6.39. The SMILES string of the molecule is COc1ccc([C@H]2CC[C@H](CN(c3cccc(-c4cnc(C5CCC5)s4)c3)C(=O)[C@H]3CC[C@H](O)CC3)CC2)cc1C. The second kappa shape index (κ2) is 12.7. The zero-order valence-corrected chi connectivity index (χ0v) is 25.4. The highest BCUT2D eigenvalue weighted by molar-refractivity contribution is 7.15. The van der Waals surface area contributed by atoms with Gasteiger partial charge in [0.15, 0.2) is 0 Å². The van der Waals surface area contributed by atoms with Crippen LogP contribution >= 0.6 is 11.3 Å². The zero-order valence-electron chi connectivity index (χ0n) is 24.6. The molecule has 0 saturated heterocycles. The molecule has 1 amide bonds. The highest BCUT2D eigenvalue weighted by Gasteiger charge is 2.32. The molecule has 1 aromatic heterocycles. The maximum absolute atomic E-state index is 14.1. The summed E-state index contributed by atoms with van der Waals surface area (Å²) in [6.07, 6.45) is 13.1. The van der Waals surface area contributed by atoms with Crippen LogP contribution in [0.25, 0.3) is 10.4 Å². The second-order valence-electron chi connectivity index (χ2n) is 12.6. The Balaban J connectivity index is 1.19. The minimum atomic E-state index is -0.260. The molecule has 6 rings (SSSR count). The van der Waals surface area contributed by atoms with E-state index in [2.05, 4.69) is 54.3 Å². The number of amides is 1. The first kappa shape index (κ1) is 28.4. The number of ether oxygens (including phenoxy) is 1. The molecule has 218 valence electrons. The van der Waals surface area contributed by atoms with Crippen molar-refractivity contribution in [1.29, 1.82) is 0 Å². The van der Waals surface area contributed by atoms with Gasteiger partial charge in [0.25, 0.3) is 0 Å². The fourth-order valence-corrected chi connectivity index (χ4v) is 8.13. The molecule has 0 spiro atoms. The molecule has 0 aliphatic heterocycles. The summed E-state index contributed by atoms with van der Waals surface area (Å²) in [5.41, 5.74) is 4.77. The first-order valence-corrected chi connectivity index (χ1v) is 16.5. The van der Waals surface area contributed by atoms with Crippen molar-refractivity contribution in [1.82, 2.24) is 4.98 Å². The van der Waals surface area contributed by atoms with Crippen LogP contribution in [-0.2, 0) is 4.79 Å². The molecule has 2 aromatic carbocycles. The number of benzene rings is 2. The summed E-state index contributed by atoms with van der Waals surface area (Å²) in [5.74, 6) is 2.87. The van der Waals surface area contributed by atoms with Crippen LogP contribution in [0.5, 0.6) is 5.75 Å². The molecule has 0 radical (unpaired) electrons. The van der Waals surface area contributed by atoms with Gasteiger partial charge in [0.1, 0.15) is 5.75 Å². The number of nitrogens with zero attached hydrogens (tertiary/aromatic N) is 2. The van der Waals surface area contributed by atoms with E-state index in [0.29, 0.717) is 17.8 Å². The number of aliphatic hydroxyl groups is 1. The average molecular weight is 573 g/mol. The number of aliphatic hydroxyl groups excluding tert-OH is 1. The van der Waals surface area contributed by atoms with Crippen molar-refractivity contribution < 1.29 is 14.6 Å². The Kier molecular flexibility index (Phi) is 8.78. The molecule has 1 N–H and O–H groups in total. The van der Waals surface area contributed by atoms with Crippen molar-refractivity contribution in [3.63, 3.8) is 0 Å². The number of hydrogen-bond acceptors (Lipinski definition) is 5. The Bertz CT molecular complexity index is 1330. The van der Waals surface area contributed by atoms with Crippen molar-refractivity contribution >= 4 is 22.9 Å². The van der Waals surface area contributed by atoms with Crippen LogP contribution in [0.2, 0.25) is 0 Å². The van der Waals surface area contributed by atoms with E-state index < -0.39 is 0 Å². The topological polar surface area (TPSA) is 62.7 Å². The van der Waals surface area contributed by atoms with E-state index in [4.69, 9.17) is 9.72 Å².